The minimum Gasteiger partial charge on any atom is -0.501 e. The number of rotatable bonds is 18. The van der Waals surface area contributed by atoms with Crippen molar-refractivity contribution >= 4 is 43.9 Å². The Hall–Kier alpha value is -13.4. The Kier molecular flexibility index (Phi) is 38.6. The summed E-state index contributed by atoms with van der Waals surface area (Å²) < 4.78 is 21.0. The smallest absolute Gasteiger partial charge is 0.501 e. The molecule has 0 saturated heterocycles. The molecule has 12 aromatic carbocycles. The number of hydrogen-bond acceptors (Lipinski definition) is 10. The predicted molar refractivity (Wildman–Crippen MR) is 572 cm³/mol. The van der Waals surface area contributed by atoms with Gasteiger partial charge in [0.25, 0.3) is 0 Å². The van der Waals surface area contributed by atoms with Crippen LogP contribution in [0.25, 0.3) is 135 Å². The summed E-state index contributed by atoms with van der Waals surface area (Å²) in [6.07, 6.45) is 19.6. The molecule has 0 amide bonds. The van der Waals surface area contributed by atoms with Crippen molar-refractivity contribution in [3.8, 4) is 90.8 Å². The van der Waals surface area contributed by atoms with E-state index in [1.807, 2.05) is 159 Å². The summed E-state index contributed by atoms with van der Waals surface area (Å²) in [6.45, 7) is 44.3. The van der Waals surface area contributed by atoms with Gasteiger partial charge < -0.3 is 42.3 Å². The summed E-state index contributed by atoms with van der Waals surface area (Å²) in [4.78, 5) is 27.5. The van der Waals surface area contributed by atoms with Gasteiger partial charge in [0.1, 0.15) is 16.7 Å². The second kappa shape index (κ2) is 50.4. The first-order valence-electron chi connectivity index (χ1n) is 47.9. The van der Waals surface area contributed by atoms with Crippen molar-refractivity contribution in [3.63, 3.8) is 0 Å². The number of imidazole rings is 4. The molecule has 0 fully saturated rings. The largest absolute Gasteiger partial charge is 3.00 e. The average molecular weight is 2210 g/mol. The van der Waals surface area contributed by atoms with Crippen molar-refractivity contribution < 1.29 is 59.3 Å². The number of aromatic nitrogens is 10. The normalized spacial score (nSPS) is 11.0. The molecule has 20 aromatic rings. The van der Waals surface area contributed by atoms with Crippen LogP contribution in [0, 0.1) is 58.0 Å². The summed E-state index contributed by atoms with van der Waals surface area (Å²) in [5, 5.41) is 18.5. The van der Waals surface area contributed by atoms with Crippen LogP contribution >= 0.6 is 0 Å². The minimum absolute atomic E-state index is 0. The SMILES string of the molecule is CC(C)c1cccc(C(C)C)c1-n1ccnc1-c1[c-]cccc1.CC(C)c1cccc(C(C)C)c1-n1ccnc1-c1[c-]cccc1.CC(C)c1cccc(C(C)C)c1-n1ccnc1-c1[c-]cccc1.CC(C)c1cccc(C(C)C)c1-n1ccnc1-c1[c-]cccc1.CO.CO.Cc1cnc(-c2[c-]ccc3c2oc2ccccc23)cc1C.Cc1cnc(-c2cccc3c2oc2ccccc23)cc1C.[Ir+3].[Ir+3]. The van der Waals surface area contributed by atoms with Gasteiger partial charge in [-0.1, -0.05) is 255 Å². The van der Waals surface area contributed by atoms with E-state index in [-0.39, 0.29) is 40.2 Å². The van der Waals surface area contributed by atoms with Crippen molar-refractivity contribution in [3.05, 3.63) is 420 Å². The van der Waals surface area contributed by atoms with Gasteiger partial charge in [0.2, 0.25) is 0 Å². The molecule has 0 aliphatic heterocycles. The van der Waals surface area contributed by atoms with Gasteiger partial charge in [0.05, 0.1) is 34.6 Å². The van der Waals surface area contributed by atoms with Crippen LogP contribution in [-0.2, 0) is 40.2 Å². The van der Waals surface area contributed by atoms with E-state index in [2.05, 4.69) is 381 Å². The van der Waals surface area contributed by atoms with Crippen LogP contribution in [0.15, 0.2) is 332 Å². The molecule has 0 aliphatic carbocycles. The number of aliphatic hydroxyl groups is 2. The molecule has 140 heavy (non-hydrogen) atoms. The first-order chi connectivity index (χ1) is 66.8. The maximum absolute atomic E-state index is 7.00. The summed E-state index contributed by atoms with van der Waals surface area (Å²) in [6, 6.07) is 106. The van der Waals surface area contributed by atoms with Gasteiger partial charge in [-0.3, -0.25) is 24.9 Å². The summed E-state index contributed by atoms with van der Waals surface area (Å²) >= 11 is 0. The molecule has 14 nitrogen and oxygen atoms in total. The van der Waals surface area contributed by atoms with Crippen LogP contribution < -0.4 is 0 Å². The Balaban J connectivity index is 0.000000159. The Labute approximate surface area is 855 Å². The second-order valence-electron chi connectivity index (χ2n) is 36.7. The molecule has 0 unspecified atom stereocenters. The van der Waals surface area contributed by atoms with Crippen LogP contribution in [0.1, 0.15) is 225 Å². The summed E-state index contributed by atoms with van der Waals surface area (Å²) in [7, 11) is 2.00. The van der Waals surface area contributed by atoms with Crippen LogP contribution in [0.3, 0.4) is 0 Å². The van der Waals surface area contributed by atoms with E-state index >= 15 is 0 Å². The molecule has 20 rings (SSSR count). The number of furan rings is 2. The summed E-state index contributed by atoms with van der Waals surface area (Å²) in [5.74, 6) is 7.44. The van der Waals surface area contributed by atoms with E-state index < -0.39 is 0 Å². The van der Waals surface area contributed by atoms with Gasteiger partial charge >= 0.3 is 40.2 Å². The standard InChI is InChI=1S/4C21H23N2.C19H15NO.C19H14NO.2CH4O.2Ir/c4*1-15(2)18-11-8-12-19(16(3)4)20(18)23-14-13-22-21(23)17-9-6-5-7-10-17;2*1-12-10-17(20-11-13(12)2)16-8-5-7-15-14-6-3-4-9-18(14)21-19(15)16;2*1-2;;/h4*5-9,11-16H,1-4H3;3-11H,1-2H3;3-7,9-11H,1-2H3;2*2H,1H3;;/q4*-1;;-1;;;2*+3. The minimum atomic E-state index is 0. The molecule has 8 heterocycles. The van der Waals surface area contributed by atoms with Crippen molar-refractivity contribution in [1.29, 1.82) is 0 Å². The number of aryl methyl sites for hydroxylation is 4. The molecule has 16 heteroatoms. The van der Waals surface area contributed by atoms with E-state index in [0.717, 1.165) is 126 Å². The fourth-order valence-electron chi connectivity index (χ4n) is 17.4. The molecule has 0 bridgehead atoms. The Morgan fingerprint density at radius 1 is 0.257 bits per heavy atom. The van der Waals surface area contributed by atoms with Gasteiger partial charge in [0.15, 0.2) is 0 Å². The topological polar surface area (TPSA) is 164 Å². The number of nitrogens with zero attached hydrogens (tertiary/aromatic N) is 10. The van der Waals surface area contributed by atoms with Gasteiger partial charge in [0, 0.05) is 121 Å². The van der Waals surface area contributed by atoms with Crippen LogP contribution in [0.5, 0.6) is 0 Å². The molecule has 0 saturated carbocycles. The maximum atomic E-state index is 7.00. The van der Waals surface area contributed by atoms with E-state index in [4.69, 9.17) is 19.0 Å². The zero-order valence-corrected chi connectivity index (χ0v) is 89.4. The molecule has 716 valence electrons. The quantitative estimate of drug-likeness (QED) is 0.0790. The van der Waals surface area contributed by atoms with Crippen LogP contribution in [0.4, 0.5) is 0 Å². The number of fused-ring (bicyclic) bond motifs is 6. The first kappa shape index (κ1) is 107. The molecule has 0 aliphatic rings. The maximum Gasteiger partial charge on any atom is 3.00 e. The number of para-hydroxylation sites is 7. The molecular weight excluding hydrogens is 2080 g/mol. The molecule has 0 radical (unpaired) electrons. The number of hydrogen-bond donors (Lipinski definition) is 2. The van der Waals surface area contributed by atoms with Crippen molar-refractivity contribution in [1.82, 2.24) is 48.2 Å². The van der Waals surface area contributed by atoms with E-state index in [9.17, 15) is 0 Å². The van der Waals surface area contributed by atoms with Crippen LogP contribution in [-0.4, -0.2) is 72.6 Å². The van der Waals surface area contributed by atoms with Gasteiger partial charge in [-0.05, 0) is 166 Å². The van der Waals surface area contributed by atoms with E-state index in [1.54, 1.807) is 0 Å². The number of benzene rings is 12. The predicted octanol–water partition coefficient (Wildman–Crippen LogP) is 31.9. The molecule has 0 spiro atoms. The Bertz CT molecular complexity index is 6530. The van der Waals surface area contributed by atoms with Gasteiger partial charge in [-0.15, -0.1) is 162 Å². The van der Waals surface area contributed by atoms with E-state index in [0.29, 0.717) is 47.3 Å². The zero-order chi connectivity index (χ0) is 98.4. The van der Waals surface area contributed by atoms with Gasteiger partial charge in [-0.2, -0.15) is 0 Å². The zero-order valence-electron chi connectivity index (χ0n) is 84.6. The molecule has 2 N–H and O–H groups in total. The third-order valence-corrected chi connectivity index (χ3v) is 24.7. The van der Waals surface area contributed by atoms with Crippen molar-refractivity contribution in [2.45, 2.75) is 186 Å². The van der Waals surface area contributed by atoms with Crippen molar-refractivity contribution in [2.24, 2.45) is 0 Å². The van der Waals surface area contributed by atoms with Crippen molar-refractivity contribution in [2.75, 3.05) is 14.2 Å². The third-order valence-electron chi connectivity index (χ3n) is 24.7. The second-order valence-corrected chi connectivity index (χ2v) is 36.7. The number of pyridine rings is 2. The fourth-order valence-corrected chi connectivity index (χ4v) is 17.4. The first-order valence-corrected chi connectivity index (χ1v) is 47.9. The summed E-state index contributed by atoms with van der Waals surface area (Å²) in [5.41, 5.74) is 32.3. The van der Waals surface area contributed by atoms with E-state index in [1.165, 1.54) is 89.5 Å². The van der Waals surface area contributed by atoms with Gasteiger partial charge in [-0.25, -0.2) is 0 Å². The third kappa shape index (κ3) is 24.5. The molecule has 8 aromatic heterocycles. The Morgan fingerprint density at radius 3 is 0.814 bits per heavy atom. The number of aliphatic hydroxyl groups excluding tert-OH is 2. The van der Waals surface area contributed by atoms with Crippen LogP contribution in [0.2, 0.25) is 0 Å². The average Bonchev–Trinajstić information content (AvgIpc) is 1.56. The fraction of sp³-hybridized carbons (Fsp3) is 0.242. The molecule has 0 atom stereocenters. The molecular formula is C124H129Ir2N10O4+. The monoisotopic (exact) mass is 2210 g/mol. The Morgan fingerprint density at radius 2 is 0.521 bits per heavy atom.